The third kappa shape index (κ3) is 4.61. The minimum Gasteiger partial charge on any atom is -0.297 e. The molecule has 174 valence electrons. The van der Waals surface area contributed by atoms with E-state index in [2.05, 4.69) is 0 Å². The SMILES string of the molecule is O=CC(F)(OC(F)(F)C(F)(OC(F)(F)C(F)(F)C(F)(F)F)C(F)(F)F)C(F)(F)F. The summed E-state index contributed by atoms with van der Waals surface area (Å²) in [6.07, 6.45) is -40.5. The van der Waals surface area contributed by atoms with Crippen LogP contribution in [0.3, 0.4) is 0 Å². The molecule has 0 N–H and O–H groups in total. The van der Waals surface area contributed by atoms with E-state index < -0.39 is 54.7 Å². The maximum Gasteiger partial charge on any atom is 0.462 e. The van der Waals surface area contributed by atoms with E-state index in [1.807, 2.05) is 0 Å². The van der Waals surface area contributed by atoms with Crippen molar-refractivity contribution < 1.29 is 88.9 Å². The maximum atomic E-state index is 13.5. The molecular weight excluding hydrogens is 479 g/mol. The molecule has 0 aliphatic heterocycles. The van der Waals surface area contributed by atoms with Gasteiger partial charge in [0.15, 0.2) is 6.29 Å². The summed E-state index contributed by atoms with van der Waals surface area (Å²) < 4.78 is 215. The van der Waals surface area contributed by atoms with Gasteiger partial charge in [0.1, 0.15) is 0 Å². The number of rotatable bonds is 7. The summed E-state index contributed by atoms with van der Waals surface area (Å²) in [5.41, 5.74) is 0. The van der Waals surface area contributed by atoms with Gasteiger partial charge < -0.3 is 0 Å². The number of carbonyl (C=O) groups is 1. The van der Waals surface area contributed by atoms with Crippen LogP contribution in [0.4, 0.5) is 74.6 Å². The van der Waals surface area contributed by atoms with Crippen molar-refractivity contribution in [1.29, 1.82) is 0 Å². The Hall–Kier alpha value is -1.60. The molecule has 0 amide bonds. The van der Waals surface area contributed by atoms with Gasteiger partial charge in [-0.2, -0.15) is 74.6 Å². The van der Waals surface area contributed by atoms with E-state index in [0.717, 1.165) is 0 Å². The summed E-state index contributed by atoms with van der Waals surface area (Å²) in [5, 5.41) is 0. The summed E-state index contributed by atoms with van der Waals surface area (Å²) in [5.74, 6) is -22.4. The third-order valence-electron chi connectivity index (χ3n) is 2.54. The normalized spacial score (nSPS) is 19.5. The first-order chi connectivity index (χ1) is 12.2. The second-order valence-corrected chi connectivity index (χ2v) is 4.66. The fraction of sp³-hybridized carbons (Fsp3) is 0.889. The zero-order valence-corrected chi connectivity index (χ0v) is 12.2. The number of carbonyl (C=O) groups excluding carboxylic acids is 1. The molecule has 0 bridgehead atoms. The van der Waals surface area contributed by atoms with Crippen molar-refractivity contribution in [2.24, 2.45) is 0 Å². The van der Waals surface area contributed by atoms with E-state index in [4.69, 9.17) is 0 Å². The summed E-state index contributed by atoms with van der Waals surface area (Å²) in [7, 11) is 0. The van der Waals surface area contributed by atoms with E-state index >= 15 is 0 Å². The topological polar surface area (TPSA) is 35.5 Å². The molecule has 0 saturated carbocycles. The monoisotopic (exact) mass is 480 g/mol. The Morgan fingerprint density at radius 1 is 0.483 bits per heavy atom. The molecule has 20 heteroatoms. The molecule has 0 radical (unpaired) electrons. The lowest BCUT2D eigenvalue weighted by Crippen LogP contribution is -2.67. The van der Waals surface area contributed by atoms with Gasteiger partial charge in [0.25, 0.3) is 0 Å². The van der Waals surface area contributed by atoms with Crippen LogP contribution in [0, 0.1) is 0 Å². The van der Waals surface area contributed by atoms with Crippen LogP contribution in [0.25, 0.3) is 0 Å². The van der Waals surface area contributed by atoms with Gasteiger partial charge in [0.2, 0.25) is 0 Å². The van der Waals surface area contributed by atoms with Gasteiger partial charge in [-0.3, -0.25) is 14.3 Å². The van der Waals surface area contributed by atoms with Gasteiger partial charge in [0.05, 0.1) is 0 Å². The Labute approximate surface area is 145 Å². The molecule has 2 unspecified atom stereocenters. The number of hydrogen-bond donors (Lipinski definition) is 0. The summed E-state index contributed by atoms with van der Waals surface area (Å²) in [6, 6.07) is 0. The average Bonchev–Trinajstić information content (AvgIpc) is 2.42. The highest BCUT2D eigenvalue weighted by Gasteiger charge is 2.85. The smallest absolute Gasteiger partial charge is 0.297 e. The molecule has 0 aromatic carbocycles. The highest BCUT2D eigenvalue weighted by atomic mass is 19.4. The van der Waals surface area contributed by atoms with Crippen molar-refractivity contribution in [3.8, 4) is 0 Å². The van der Waals surface area contributed by atoms with Crippen molar-refractivity contribution in [3.05, 3.63) is 0 Å². The molecule has 0 aromatic heterocycles. The molecule has 0 aliphatic carbocycles. The largest absolute Gasteiger partial charge is 0.462 e. The number of hydrogen-bond acceptors (Lipinski definition) is 3. The van der Waals surface area contributed by atoms with Gasteiger partial charge in [-0.25, -0.2) is 0 Å². The van der Waals surface area contributed by atoms with Gasteiger partial charge >= 0.3 is 48.4 Å². The van der Waals surface area contributed by atoms with Crippen LogP contribution >= 0.6 is 0 Å². The second kappa shape index (κ2) is 6.98. The quantitative estimate of drug-likeness (QED) is 0.378. The first kappa shape index (κ1) is 27.4. The molecular formula is C9HF17O3. The second-order valence-electron chi connectivity index (χ2n) is 4.66. The summed E-state index contributed by atoms with van der Waals surface area (Å²) in [4.78, 5) is 9.89. The Morgan fingerprint density at radius 3 is 1.10 bits per heavy atom. The summed E-state index contributed by atoms with van der Waals surface area (Å²) >= 11 is 0. The summed E-state index contributed by atoms with van der Waals surface area (Å²) in [6.45, 7) is 0. The van der Waals surface area contributed by atoms with Gasteiger partial charge in [-0.05, 0) is 0 Å². The van der Waals surface area contributed by atoms with Gasteiger partial charge in [-0.1, -0.05) is 0 Å². The lowest BCUT2D eigenvalue weighted by Gasteiger charge is -2.39. The van der Waals surface area contributed by atoms with Crippen LogP contribution in [0.1, 0.15) is 0 Å². The minimum absolute atomic E-state index is 1.23. The van der Waals surface area contributed by atoms with E-state index in [9.17, 15) is 79.4 Å². The van der Waals surface area contributed by atoms with Crippen molar-refractivity contribution in [1.82, 2.24) is 0 Å². The standard InChI is InChI=1S/C9HF17O3/c10-2(1-27,5(14,15)16)28-9(25,26)4(13,7(20,21)22)29-8(23,24)3(11,12)6(17,18)19/h1H. The molecule has 0 heterocycles. The predicted octanol–water partition coefficient (Wildman–Crippen LogP) is 5.06. The highest BCUT2D eigenvalue weighted by molar-refractivity contribution is 5.61. The third-order valence-corrected chi connectivity index (χ3v) is 2.54. The van der Waals surface area contributed by atoms with Crippen molar-refractivity contribution in [2.75, 3.05) is 0 Å². The zero-order valence-electron chi connectivity index (χ0n) is 12.2. The molecule has 0 spiro atoms. The Balaban J connectivity index is 6.51. The fourth-order valence-corrected chi connectivity index (χ4v) is 1.09. The van der Waals surface area contributed by atoms with E-state index in [-0.39, 0.29) is 0 Å². The highest BCUT2D eigenvalue weighted by Crippen LogP contribution is 2.56. The van der Waals surface area contributed by atoms with Crippen LogP contribution in [0.2, 0.25) is 0 Å². The predicted molar refractivity (Wildman–Crippen MR) is 48.9 cm³/mol. The zero-order chi connectivity index (χ0) is 24.1. The van der Waals surface area contributed by atoms with E-state index in [0.29, 0.717) is 0 Å². The maximum absolute atomic E-state index is 13.5. The Bertz CT molecular complexity index is 603. The number of alkyl halides is 17. The van der Waals surface area contributed by atoms with E-state index in [1.54, 1.807) is 4.74 Å². The Morgan fingerprint density at radius 2 is 0.862 bits per heavy atom. The Kier molecular flexibility index (Phi) is 6.59. The van der Waals surface area contributed by atoms with Gasteiger partial charge in [-0.15, -0.1) is 0 Å². The average molecular weight is 480 g/mol. The minimum atomic E-state index is -7.97. The van der Waals surface area contributed by atoms with Crippen molar-refractivity contribution >= 4 is 6.29 Å². The van der Waals surface area contributed by atoms with Crippen molar-refractivity contribution in [3.63, 3.8) is 0 Å². The first-order valence-electron chi connectivity index (χ1n) is 5.80. The molecule has 2 atom stereocenters. The van der Waals surface area contributed by atoms with Crippen molar-refractivity contribution in [2.45, 2.75) is 48.4 Å². The molecule has 3 nitrogen and oxygen atoms in total. The van der Waals surface area contributed by atoms with Crippen LogP contribution in [0.15, 0.2) is 0 Å². The molecule has 0 fully saturated rings. The molecule has 29 heavy (non-hydrogen) atoms. The molecule has 0 aliphatic rings. The number of halogens is 17. The van der Waals surface area contributed by atoms with Crippen LogP contribution in [-0.4, -0.2) is 54.7 Å². The lowest BCUT2D eigenvalue weighted by atomic mass is 10.2. The van der Waals surface area contributed by atoms with Crippen LogP contribution in [-0.2, 0) is 14.3 Å². The molecule has 0 aromatic rings. The first-order valence-corrected chi connectivity index (χ1v) is 5.80. The van der Waals surface area contributed by atoms with Crippen LogP contribution in [0.5, 0.6) is 0 Å². The lowest BCUT2D eigenvalue weighted by molar-refractivity contribution is -0.547. The van der Waals surface area contributed by atoms with E-state index in [1.165, 1.54) is 4.74 Å². The van der Waals surface area contributed by atoms with Gasteiger partial charge in [0, 0.05) is 0 Å². The number of ether oxygens (including phenoxy) is 2. The molecule has 0 saturated heterocycles. The molecule has 0 rings (SSSR count). The fourth-order valence-electron chi connectivity index (χ4n) is 1.09. The van der Waals surface area contributed by atoms with Crippen LogP contribution < -0.4 is 0 Å². The number of aldehydes is 1.